The van der Waals surface area contributed by atoms with Crippen LogP contribution in [0.1, 0.15) is 19.3 Å². The molecule has 0 rings (SSSR count). The Labute approximate surface area is 67.8 Å². The highest BCUT2D eigenvalue weighted by Gasteiger charge is 1.86. The van der Waals surface area contributed by atoms with Crippen LogP contribution in [0.5, 0.6) is 0 Å². The summed E-state index contributed by atoms with van der Waals surface area (Å²) in [7, 11) is 0. The van der Waals surface area contributed by atoms with Crippen LogP contribution in [0.3, 0.4) is 0 Å². The number of rotatable bonds is 2. The van der Waals surface area contributed by atoms with Crippen LogP contribution < -0.4 is 0 Å². The molecule has 1 heteroatoms. The van der Waals surface area contributed by atoms with Crippen molar-refractivity contribution in [1.82, 2.24) is 0 Å². The zero-order valence-corrected chi connectivity index (χ0v) is 6.30. The van der Waals surface area contributed by atoms with Crippen molar-refractivity contribution in [3.05, 3.63) is 0 Å². The molecule has 0 saturated heterocycles. The maximum Gasteiger partial charge on any atom is 0.176 e. The van der Waals surface area contributed by atoms with E-state index in [-0.39, 0.29) is 0 Å². The minimum atomic E-state index is -0.930. The second kappa shape index (κ2) is 6.76. The Morgan fingerprint density at radius 3 is 2.55 bits per heavy atom. The lowest BCUT2D eigenvalue weighted by Crippen LogP contribution is -1.95. The molecule has 0 bridgehead atoms. The largest absolute Gasteiger partial charge is 0.369 e. The van der Waals surface area contributed by atoms with Gasteiger partial charge in [-0.25, -0.2) is 0 Å². The lowest BCUT2D eigenvalue weighted by Gasteiger charge is -1.87. The number of hydrogen-bond donors (Lipinski definition) is 1. The molecular weight excluding hydrogens is 136 g/mol. The summed E-state index contributed by atoms with van der Waals surface area (Å²) in [6, 6.07) is 0. The Bertz CT molecular complexity index is 228. The number of aliphatic hydroxyl groups excluding tert-OH is 1. The average Bonchev–Trinajstić information content (AvgIpc) is 2.04. The molecule has 0 fully saturated rings. The summed E-state index contributed by atoms with van der Waals surface area (Å²) in [5, 5.41) is 8.76. The van der Waals surface area contributed by atoms with Gasteiger partial charge in [-0.05, 0) is 6.42 Å². The van der Waals surface area contributed by atoms with Gasteiger partial charge in [0.05, 0.1) is 0 Å². The van der Waals surface area contributed by atoms with E-state index in [0.29, 0.717) is 6.42 Å². The van der Waals surface area contributed by atoms with E-state index in [1.807, 2.05) is 0 Å². The number of hydrogen-bond acceptors (Lipinski definition) is 1. The maximum atomic E-state index is 8.76. The second-order valence-electron chi connectivity index (χ2n) is 1.95. The summed E-state index contributed by atoms with van der Waals surface area (Å²) in [6.45, 7) is 0. The average molecular weight is 146 g/mol. The van der Waals surface area contributed by atoms with E-state index in [1.165, 1.54) is 0 Å². The van der Waals surface area contributed by atoms with Crippen LogP contribution in [0.15, 0.2) is 0 Å². The van der Waals surface area contributed by atoms with E-state index in [2.05, 4.69) is 23.7 Å². The molecule has 0 radical (unpaired) electrons. The molecule has 0 amide bonds. The summed E-state index contributed by atoms with van der Waals surface area (Å²) >= 11 is 0. The lowest BCUT2D eigenvalue weighted by atomic mass is 10.2. The van der Waals surface area contributed by atoms with Crippen LogP contribution in [-0.2, 0) is 0 Å². The zero-order valence-electron chi connectivity index (χ0n) is 6.30. The van der Waals surface area contributed by atoms with Gasteiger partial charge in [0.15, 0.2) is 6.10 Å². The predicted molar refractivity (Wildman–Crippen MR) is 45.3 cm³/mol. The van der Waals surface area contributed by atoms with Crippen molar-refractivity contribution in [3.8, 4) is 36.5 Å². The quantitative estimate of drug-likeness (QED) is 0.451. The molecule has 11 heavy (non-hydrogen) atoms. The van der Waals surface area contributed by atoms with E-state index in [0.717, 1.165) is 12.8 Å². The van der Waals surface area contributed by atoms with Gasteiger partial charge in [0.1, 0.15) is 0 Å². The molecule has 0 aliphatic heterocycles. The number of terminal acetylenes is 2. The molecule has 1 unspecified atom stereocenters. The van der Waals surface area contributed by atoms with Crippen LogP contribution in [-0.4, -0.2) is 11.2 Å². The SMILES string of the molecule is C#CCCCC#CC(O)C#C. The first-order valence-electron chi connectivity index (χ1n) is 3.37. The van der Waals surface area contributed by atoms with E-state index in [4.69, 9.17) is 18.0 Å². The molecule has 0 aromatic carbocycles. The van der Waals surface area contributed by atoms with Gasteiger partial charge >= 0.3 is 0 Å². The third kappa shape index (κ3) is 6.53. The van der Waals surface area contributed by atoms with Gasteiger partial charge in [-0.3, -0.25) is 0 Å². The fourth-order valence-corrected chi connectivity index (χ4v) is 0.489. The molecule has 56 valence electrons. The summed E-state index contributed by atoms with van der Waals surface area (Å²) in [5.41, 5.74) is 0. The van der Waals surface area contributed by atoms with Gasteiger partial charge < -0.3 is 5.11 Å². The van der Waals surface area contributed by atoms with Crippen LogP contribution in [0, 0.1) is 36.5 Å². The molecular formula is C10H10O. The van der Waals surface area contributed by atoms with Gasteiger partial charge in [-0.1, -0.05) is 17.8 Å². The van der Waals surface area contributed by atoms with Gasteiger partial charge in [0.2, 0.25) is 0 Å². The van der Waals surface area contributed by atoms with Crippen molar-refractivity contribution in [2.75, 3.05) is 0 Å². The topological polar surface area (TPSA) is 20.2 Å². The highest BCUT2D eigenvalue weighted by atomic mass is 16.3. The molecule has 0 aliphatic carbocycles. The smallest absolute Gasteiger partial charge is 0.176 e. The van der Waals surface area contributed by atoms with Crippen molar-refractivity contribution < 1.29 is 5.11 Å². The normalized spacial score (nSPS) is 10.1. The van der Waals surface area contributed by atoms with Crippen molar-refractivity contribution in [2.45, 2.75) is 25.4 Å². The zero-order chi connectivity index (χ0) is 8.53. The first-order valence-corrected chi connectivity index (χ1v) is 3.37. The molecule has 1 nitrogen and oxygen atoms in total. The Balaban J connectivity index is 3.44. The molecule has 1 N–H and O–H groups in total. The molecule has 1 atom stereocenters. The Morgan fingerprint density at radius 1 is 1.27 bits per heavy atom. The van der Waals surface area contributed by atoms with E-state index >= 15 is 0 Å². The minimum absolute atomic E-state index is 0.697. The first kappa shape index (κ1) is 9.64. The van der Waals surface area contributed by atoms with E-state index in [1.54, 1.807) is 0 Å². The second-order valence-corrected chi connectivity index (χ2v) is 1.95. The number of unbranched alkanes of at least 4 members (excludes halogenated alkanes) is 2. The standard InChI is InChI=1S/C10H10O/c1-3-5-6-7-8-9-10(11)4-2/h1-2,10-11H,5-7H2. The van der Waals surface area contributed by atoms with Crippen LogP contribution in [0.25, 0.3) is 0 Å². The third-order valence-electron chi connectivity index (χ3n) is 1.02. The maximum absolute atomic E-state index is 8.76. The van der Waals surface area contributed by atoms with Gasteiger partial charge in [-0.2, -0.15) is 0 Å². The summed E-state index contributed by atoms with van der Waals surface area (Å²) in [6.07, 6.45) is 11.2. The Morgan fingerprint density at radius 2 is 2.00 bits per heavy atom. The highest BCUT2D eigenvalue weighted by molar-refractivity contribution is 5.15. The molecule has 0 aromatic rings. The van der Waals surface area contributed by atoms with Crippen molar-refractivity contribution >= 4 is 0 Å². The van der Waals surface area contributed by atoms with Gasteiger partial charge in [0.25, 0.3) is 0 Å². The molecule has 0 heterocycles. The fraction of sp³-hybridized carbons (Fsp3) is 0.400. The molecule has 0 aromatic heterocycles. The first-order chi connectivity index (χ1) is 5.31. The van der Waals surface area contributed by atoms with Crippen molar-refractivity contribution in [2.24, 2.45) is 0 Å². The van der Waals surface area contributed by atoms with E-state index in [9.17, 15) is 0 Å². The monoisotopic (exact) mass is 146 g/mol. The van der Waals surface area contributed by atoms with Gasteiger partial charge in [-0.15, -0.1) is 18.8 Å². The summed E-state index contributed by atoms with van der Waals surface area (Å²) in [5.74, 6) is 9.82. The van der Waals surface area contributed by atoms with Crippen LogP contribution >= 0.6 is 0 Å². The molecule has 0 saturated carbocycles. The van der Waals surface area contributed by atoms with Crippen LogP contribution in [0.4, 0.5) is 0 Å². The van der Waals surface area contributed by atoms with Crippen LogP contribution in [0.2, 0.25) is 0 Å². The Hall–Kier alpha value is -1.36. The van der Waals surface area contributed by atoms with Crippen molar-refractivity contribution in [1.29, 1.82) is 0 Å². The van der Waals surface area contributed by atoms with E-state index < -0.39 is 6.10 Å². The summed E-state index contributed by atoms with van der Waals surface area (Å²) in [4.78, 5) is 0. The predicted octanol–water partition coefficient (Wildman–Crippen LogP) is 0.787. The highest BCUT2D eigenvalue weighted by Crippen LogP contribution is 1.90. The fourth-order valence-electron chi connectivity index (χ4n) is 0.489. The summed E-state index contributed by atoms with van der Waals surface area (Å²) < 4.78 is 0. The molecule has 0 aliphatic rings. The lowest BCUT2D eigenvalue weighted by molar-refractivity contribution is 0.289. The van der Waals surface area contributed by atoms with Crippen molar-refractivity contribution in [3.63, 3.8) is 0 Å². The van der Waals surface area contributed by atoms with Gasteiger partial charge in [0, 0.05) is 12.8 Å². The minimum Gasteiger partial charge on any atom is -0.369 e. The number of aliphatic hydroxyl groups is 1. The Kier molecular flexibility index (Phi) is 5.92. The third-order valence-corrected chi connectivity index (χ3v) is 1.02. The molecule has 0 spiro atoms.